The Hall–Kier alpha value is -0.120. The quantitative estimate of drug-likeness (QED) is 0.563. The maximum atomic E-state index is 8.79. The van der Waals surface area contributed by atoms with E-state index >= 15 is 0 Å². The summed E-state index contributed by atoms with van der Waals surface area (Å²) in [6, 6.07) is 0. The second-order valence-corrected chi connectivity index (χ2v) is 2.54. The molecule has 11 heavy (non-hydrogen) atoms. The molecular weight excluding hydrogens is 144 g/mol. The second-order valence-electron chi connectivity index (χ2n) is 2.54. The molecule has 68 valence electrons. The number of hydrogen-bond acceptors (Lipinski definition) is 3. The number of hydrogen-bond donors (Lipinski definition) is 1. The molecule has 3 nitrogen and oxygen atoms in total. The van der Waals surface area contributed by atoms with E-state index in [2.05, 4.69) is 6.92 Å². The van der Waals surface area contributed by atoms with Crippen LogP contribution in [0, 0.1) is 0 Å². The third-order valence-electron chi connectivity index (χ3n) is 1.08. The maximum Gasteiger partial charge on any atom is 0.0745 e. The van der Waals surface area contributed by atoms with E-state index in [1.165, 1.54) is 0 Å². The van der Waals surface area contributed by atoms with Crippen LogP contribution in [0.4, 0.5) is 0 Å². The summed E-state index contributed by atoms with van der Waals surface area (Å²) in [5, 5.41) is 8.79. The van der Waals surface area contributed by atoms with Crippen LogP contribution in [-0.2, 0) is 9.47 Å². The summed E-state index contributed by atoms with van der Waals surface area (Å²) >= 11 is 0. The predicted molar refractivity (Wildman–Crippen MR) is 43.6 cm³/mol. The molecule has 0 bridgehead atoms. The van der Waals surface area contributed by atoms with Gasteiger partial charge in [-0.1, -0.05) is 6.92 Å². The maximum absolute atomic E-state index is 8.79. The van der Waals surface area contributed by atoms with E-state index < -0.39 is 0 Å². The SMILES string of the molecule is CCCOCCOCC(C)O. The van der Waals surface area contributed by atoms with Gasteiger partial charge in [0.15, 0.2) is 0 Å². The zero-order valence-electron chi connectivity index (χ0n) is 7.38. The van der Waals surface area contributed by atoms with Crippen LogP contribution in [0.3, 0.4) is 0 Å². The van der Waals surface area contributed by atoms with Gasteiger partial charge in [0.05, 0.1) is 25.9 Å². The van der Waals surface area contributed by atoms with Gasteiger partial charge in [0.2, 0.25) is 0 Å². The Balaban J connectivity index is 2.80. The van der Waals surface area contributed by atoms with Crippen LogP contribution >= 0.6 is 0 Å². The van der Waals surface area contributed by atoms with Gasteiger partial charge in [0, 0.05) is 6.61 Å². The Bertz CT molecular complexity index is 73.7. The lowest BCUT2D eigenvalue weighted by molar-refractivity contribution is 0.00970. The summed E-state index contributed by atoms with van der Waals surface area (Å²) in [6.07, 6.45) is 0.664. The van der Waals surface area contributed by atoms with Crippen molar-refractivity contribution in [1.29, 1.82) is 0 Å². The monoisotopic (exact) mass is 162 g/mol. The Kier molecular flexibility index (Phi) is 7.89. The molecular formula is C8H18O3. The molecule has 3 heteroatoms. The Morgan fingerprint density at radius 1 is 1.18 bits per heavy atom. The van der Waals surface area contributed by atoms with Crippen LogP contribution in [0.15, 0.2) is 0 Å². The van der Waals surface area contributed by atoms with Crippen molar-refractivity contribution in [2.24, 2.45) is 0 Å². The lowest BCUT2D eigenvalue weighted by Crippen LogP contribution is -2.13. The average Bonchev–Trinajstić information content (AvgIpc) is 1.96. The fourth-order valence-corrected chi connectivity index (χ4v) is 0.618. The molecule has 0 fully saturated rings. The summed E-state index contributed by atoms with van der Waals surface area (Å²) in [4.78, 5) is 0. The zero-order valence-corrected chi connectivity index (χ0v) is 7.38. The van der Waals surface area contributed by atoms with Gasteiger partial charge in [-0.15, -0.1) is 0 Å². The van der Waals surface area contributed by atoms with Crippen LogP contribution in [0.1, 0.15) is 20.3 Å². The van der Waals surface area contributed by atoms with Gasteiger partial charge in [-0.3, -0.25) is 0 Å². The van der Waals surface area contributed by atoms with Gasteiger partial charge < -0.3 is 14.6 Å². The molecule has 0 aromatic carbocycles. The highest BCUT2D eigenvalue weighted by Crippen LogP contribution is 1.84. The molecule has 1 N–H and O–H groups in total. The minimum absolute atomic E-state index is 0.374. The van der Waals surface area contributed by atoms with E-state index in [-0.39, 0.29) is 6.10 Å². The highest BCUT2D eigenvalue weighted by atomic mass is 16.5. The molecule has 1 unspecified atom stereocenters. The molecule has 0 saturated carbocycles. The first kappa shape index (κ1) is 10.9. The van der Waals surface area contributed by atoms with Gasteiger partial charge >= 0.3 is 0 Å². The van der Waals surface area contributed by atoms with Crippen molar-refractivity contribution in [1.82, 2.24) is 0 Å². The van der Waals surface area contributed by atoms with Crippen molar-refractivity contribution in [3.63, 3.8) is 0 Å². The zero-order chi connectivity index (χ0) is 8.53. The molecule has 0 aliphatic heterocycles. The summed E-state index contributed by atoms with van der Waals surface area (Å²) < 4.78 is 10.2. The molecule has 1 atom stereocenters. The first-order valence-electron chi connectivity index (χ1n) is 4.11. The van der Waals surface area contributed by atoms with Crippen LogP contribution in [-0.4, -0.2) is 37.6 Å². The van der Waals surface area contributed by atoms with Gasteiger partial charge in [0.1, 0.15) is 0 Å². The van der Waals surface area contributed by atoms with Gasteiger partial charge in [-0.2, -0.15) is 0 Å². The standard InChI is InChI=1S/C8H18O3/c1-3-4-10-5-6-11-7-8(2)9/h8-9H,3-7H2,1-2H3. The highest BCUT2D eigenvalue weighted by molar-refractivity contribution is 4.40. The van der Waals surface area contributed by atoms with Crippen molar-refractivity contribution >= 4 is 0 Å². The van der Waals surface area contributed by atoms with E-state index in [0.29, 0.717) is 19.8 Å². The van der Waals surface area contributed by atoms with Crippen molar-refractivity contribution < 1.29 is 14.6 Å². The van der Waals surface area contributed by atoms with Crippen LogP contribution < -0.4 is 0 Å². The highest BCUT2D eigenvalue weighted by Gasteiger charge is 1.93. The average molecular weight is 162 g/mol. The first-order valence-corrected chi connectivity index (χ1v) is 4.11. The molecule has 0 aliphatic rings. The van der Waals surface area contributed by atoms with Crippen molar-refractivity contribution in [3.05, 3.63) is 0 Å². The minimum atomic E-state index is -0.374. The smallest absolute Gasteiger partial charge is 0.0745 e. The number of ether oxygens (including phenoxy) is 2. The normalized spacial score (nSPS) is 13.4. The van der Waals surface area contributed by atoms with Crippen molar-refractivity contribution in [2.45, 2.75) is 26.4 Å². The van der Waals surface area contributed by atoms with Crippen molar-refractivity contribution in [2.75, 3.05) is 26.4 Å². The summed E-state index contributed by atoms with van der Waals surface area (Å²) in [6.45, 7) is 6.16. The third-order valence-corrected chi connectivity index (χ3v) is 1.08. The molecule has 0 amide bonds. The molecule has 0 rings (SSSR count). The number of rotatable bonds is 7. The number of aliphatic hydroxyl groups excluding tert-OH is 1. The van der Waals surface area contributed by atoms with Crippen molar-refractivity contribution in [3.8, 4) is 0 Å². The molecule has 0 spiro atoms. The number of aliphatic hydroxyl groups is 1. The summed E-state index contributed by atoms with van der Waals surface area (Å²) in [7, 11) is 0. The molecule has 0 aliphatic carbocycles. The van der Waals surface area contributed by atoms with Crippen LogP contribution in [0.25, 0.3) is 0 Å². The topological polar surface area (TPSA) is 38.7 Å². The van der Waals surface area contributed by atoms with E-state index in [1.54, 1.807) is 6.92 Å². The summed E-state index contributed by atoms with van der Waals surface area (Å²) in [5.74, 6) is 0. The minimum Gasteiger partial charge on any atom is -0.391 e. The molecule has 0 radical (unpaired) electrons. The first-order chi connectivity index (χ1) is 5.27. The van der Waals surface area contributed by atoms with Crippen LogP contribution in [0.2, 0.25) is 0 Å². The van der Waals surface area contributed by atoms with Gasteiger partial charge in [0.25, 0.3) is 0 Å². The molecule has 0 aromatic rings. The lowest BCUT2D eigenvalue weighted by atomic mass is 10.4. The van der Waals surface area contributed by atoms with Gasteiger partial charge in [-0.05, 0) is 13.3 Å². The lowest BCUT2D eigenvalue weighted by Gasteiger charge is -2.05. The Morgan fingerprint density at radius 3 is 2.36 bits per heavy atom. The predicted octanol–water partition coefficient (Wildman–Crippen LogP) is 0.810. The van der Waals surface area contributed by atoms with Gasteiger partial charge in [-0.25, -0.2) is 0 Å². The van der Waals surface area contributed by atoms with E-state index in [9.17, 15) is 0 Å². The molecule has 0 aromatic heterocycles. The molecule has 0 heterocycles. The fraction of sp³-hybridized carbons (Fsp3) is 1.00. The third kappa shape index (κ3) is 9.88. The largest absolute Gasteiger partial charge is 0.391 e. The van der Waals surface area contributed by atoms with Crippen LogP contribution in [0.5, 0.6) is 0 Å². The Morgan fingerprint density at radius 2 is 1.82 bits per heavy atom. The Labute approximate surface area is 68.3 Å². The fourth-order valence-electron chi connectivity index (χ4n) is 0.618. The second kappa shape index (κ2) is 7.98. The van der Waals surface area contributed by atoms with E-state index in [1.807, 2.05) is 0 Å². The summed E-state index contributed by atoms with van der Waals surface area (Å²) in [5.41, 5.74) is 0. The molecule has 0 saturated heterocycles. The van der Waals surface area contributed by atoms with E-state index in [4.69, 9.17) is 14.6 Å². The van der Waals surface area contributed by atoms with E-state index in [0.717, 1.165) is 13.0 Å².